The Labute approximate surface area is 92.2 Å². The zero-order valence-corrected chi connectivity index (χ0v) is 10.2. The highest BCUT2D eigenvalue weighted by molar-refractivity contribution is 7.72. The summed E-state index contributed by atoms with van der Waals surface area (Å²) in [6, 6.07) is 0. The van der Waals surface area contributed by atoms with Crippen LogP contribution in [0.4, 0.5) is 0 Å². The number of nitrogens with zero attached hydrogens (tertiary/aromatic N) is 1. The molecule has 0 aliphatic carbocycles. The van der Waals surface area contributed by atoms with Crippen LogP contribution in [0.3, 0.4) is 0 Å². The van der Waals surface area contributed by atoms with Crippen molar-refractivity contribution in [2.75, 3.05) is 19.6 Å². The van der Waals surface area contributed by atoms with E-state index in [4.69, 9.17) is 19.6 Å². The average molecular weight is 275 g/mol. The van der Waals surface area contributed by atoms with Gasteiger partial charge in [0.25, 0.3) is 5.08 Å². The number of hydrogen-bond acceptors (Lipinski definition) is 4. The van der Waals surface area contributed by atoms with Gasteiger partial charge in [0, 0.05) is 13.0 Å². The summed E-state index contributed by atoms with van der Waals surface area (Å²) in [5, 5.41) is 6.23. The minimum atomic E-state index is -5.29. The Morgan fingerprint density at radius 2 is 1.50 bits per heavy atom. The van der Waals surface area contributed by atoms with Gasteiger partial charge in [0.2, 0.25) is 0 Å². The first-order valence-electron chi connectivity index (χ1n) is 4.64. The number of rotatable bonds is 5. The Hall–Kier alpha value is 0.220. The quantitative estimate of drug-likeness (QED) is 0.406. The van der Waals surface area contributed by atoms with Crippen LogP contribution in [0, 0.1) is 0 Å². The first-order valence-corrected chi connectivity index (χ1v) is 7.86. The van der Waals surface area contributed by atoms with Gasteiger partial charge < -0.3 is 29.6 Å². The summed E-state index contributed by atoms with van der Waals surface area (Å²) in [4.78, 5) is 37.1. The smallest absolute Gasteiger partial charge is 0.367 e. The molecule has 96 valence electrons. The summed E-state index contributed by atoms with van der Waals surface area (Å²) in [6.07, 6.45) is 0.284. The van der Waals surface area contributed by atoms with Gasteiger partial charge in [-0.15, -0.1) is 0 Å². The van der Waals surface area contributed by atoms with Crippen LogP contribution in [0.15, 0.2) is 0 Å². The van der Waals surface area contributed by atoms with E-state index >= 15 is 0 Å². The van der Waals surface area contributed by atoms with Crippen LogP contribution in [0.25, 0.3) is 0 Å². The summed E-state index contributed by atoms with van der Waals surface area (Å²) in [5.74, 6) is 0. The lowest BCUT2D eigenvalue weighted by Crippen LogP contribution is -2.41. The molecule has 0 unspecified atom stereocenters. The molecule has 0 aromatic heterocycles. The Morgan fingerprint density at radius 3 is 1.75 bits per heavy atom. The van der Waals surface area contributed by atoms with Gasteiger partial charge in [0.1, 0.15) is 0 Å². The third-order valence-electron chi connectivity index (χ3n) is 2.65. The minimum Gasteiger partial charge on any atom is -0.367 e. The van der Waals surface area contributed by atoms with Crippen molar-refractivity contribution in [3.8, 4) is 0 Å². The topological polar surface area (TPSA) is 139 Å². The summed E-state index contributed by atoms with van der Waals surface area (Å²) < 4.78 is 21.9. The Morgan fingerprint density at radius 1 is 1.06 bits per heavy atom. The molecule has 5 N–H and O–H groups in total. The summed E-state index contributed by atoms with van der Waals surface area (Å²) in [6.45, 7) is 1.46. The molecule has 0 aromatic rings. The molecular weight excluding hydrogens is 260 g/mol. The summed E-state index contributed by atoms with van der Waals surface area (Å²) in [7, 11) is -10.6. The highest BCUT2D eigenvalue weighted by Gasteiger charge is 2.59. The average Bonchev–Trinajstić information content (AvgIpc) is 1.96. The molecule has 1 fully saturated rings. The van der Waals surface area contributed by atoms with Crippen LogP contribution in [0.2, 0.25) is 0 Å². The molecular formula is C6H15NO7P2. The van der Waals surface area contributed by atoms with E-state index in [1.807, 2.05) is 0 Å². The Balaban J connectivity index is 2.79. The molecule has 0 amide bonds. The van der Waals surface area contributed by atoms with Crippen molar-refractivity contribution in [3.63, 3.8) is 0 Å². The maximum Gasteiger partial charge on any atom is 0.369 e. The molecule has 10 heteroatoms. The van der Waals surface area contributed by atoms with E-state index in [0.717, 1.165) is 6.42 Å². The van der Waals surface area contributed by atoms with E-state index in [9.17, 15) is 14.2 Å². The van der Waals surface area contributed by atoms with Gasteiger partial charge >= 0.3 is 15.2 Å². The molecule has 0 aromatic carbocycles. The van der Waals surface area contributed by atoms with E-state index in [-0.39, 0.29) is 6.54 Å². The predicted molar refractivity (Wildman–Crippen MR) is 54.7 cm³/mol. The normalized spacial score (nSPS) is 19.6. The molecule has 8 nitrogen and oxygen atoms in total. The number of hydrogen-bond donors (Lipinski definition) is 5. The minimum absolute atomic E-state index is 0.0483. The third kappa shape index (κ3) is 2.72. The van der Waals surface area contributed by atoms with Gasteiger partial charge in [-0.2, -0.15) is 0 Å². The standard InChI is InChI=1S/C6H15NO7P2/c8-6(15(9,10)11,16(12,13)14)2-5-7-3-1-4-7/h8H,1-5H2,(H2,9,10,11)(H2,12,13,14). The second-order valence-corrected chi connectivity index (χ2v) is 7.82. The molecule has 0 atom stereocenters. The van der Waals surface area contributed by atoms with Crippen molar-refractivity contribution in [2.45, 2.75) is 17.9 Å². The fourth-order valence-corrected chi connectivity index (χ4v) is 3.51. The van der Waals surface area contributed by atoms with Crippen molar-refractivity contribution in [2.24, 2.45) is 0 Å². The van der Waals surface area contributed by atoms with E-state index in [1.165, 1.54) is 0 Å². The molecule has 0 saturated carbocycles. The molecule has 1 rings (SSSR count). The highest BCUT2D eigenvalue weighted by Crippen LogP contribution is 2.68. The fraction of sp³-hybridized carbons (Fsp3) is 1.00. The molecule has 1 aliphatic rings. The third-order valence-corrected chi connectivity index (χ3v) is 6.52. The van der Waals surface area contributed by atoms with Crippen LogP contribution < -0.4 is 0 Å². The van der Waals surface area contributed by atoms with Crippen molar-refractivity contribution in [1.29, 1.82) is 0 Å². The maximum atomic E-state index is 11.0. The second kappa shape index (κ2) is 4.48. The lowest BCUT2D eigenvalue weighted by molar-refractivity contribution is 0.0936. The van der Waals surface area contributed by atoms with Crippen LogP contribution in [-0.2, 0) is 9.13 Å². The van der Waals surface area contributed by atoms with Gasteiger partial charge in [0.15, 0.2) is 0 Å². The van der Waals surface area contributed by atoms with Crippen molar-refractivity contribution in [3.05, 3.63) is 0 Å². The second-order valence-electron chi connectivity index (χ2n) is 3.81. The Bertz CT molecular complexity index is 321. The molecule has 0 spiro atoms. The molecule has 0 bridgehead atoms. The van der Waals surface area contributed by atoms with E-state index in [0.29, 0.717) is 13.1 Å². The molecule has 16 heavy (non-hydrogen) atoms. The van der Waals surface area contributed by atoms with Crippen molar-refractivity contribution in [1.82, 2.24) is 4.90 Å². The Kier molecular flexibility index (Phi) is 4.00. The zero-order valence-electron chi connectivity index (χ0n) is 8.43. The first kappa shape index (κ1) is 14.3. The van der Waals surface area contributed by atoms with Crippen LogP contribution >= 0.6 is 15.2 Å². The van der Waals surface area contributed by atoms with Gasteiger partial charge in [-0.25, -0.2) is 0 Å². The van der Waals surface area contributed by atoms with Crippen LogP contribution in [-0.4, -0.2) is 54.3 Å². The first-order chi connectivity index (χ1) is 7.08. The maximum absolute atomic E-state index is 11.0. The van der Waals surface area contributed by atoms with Gasteiger partial charge in [-0.1, -0.05) is 0 Å². The highest BCUT2D eigenvalue weighted by atomic mass is 31.2. The van der Waals surface area contributed by atoms with Crippen molar-refractivity contribution < 1.29 is 33.8 Å². The van der Waals surface area contributed by atoms with E-state index < -0.39 is 26.7 Å². The summed E-state index contributed by atoms with van der Waals surface area (Å²) >= 11 is 0. The van der Waals surface area contributed by atoms with Crippen LogP contribution in [0.1, 0.15) is 12.8 Å². The predicted octanol–water partition coefficient (Wildman–Crippen LogP) is -0.916. The SMILES string of the molecule is O=P(O)(O)C(O)(CCN1CCC1)P(=O)(O)O. The molecule has 0 radical (unpaired) electrons. The largest absolute Gasteiger partial charge is 0.369 e. The van der Waals surface area contributed by atoms with E-state index in [2.05, 4.69) is 0 Å². The van der Waals surface area contributed by atoms with Crippen LogP contribution in [0.5, 0.6) is 0 Å². The van der Waals surface area contributed by atoms with Gasteiger partial charge in [0.05, 0.1) is 0 Å². The lowest BCUT2D eigenvalue weighted by Gasteiger charge is -2.35. The number of likely N-dealkylation sites (tertiary alicyclic amines) is 1. The van der Waals surface area contributed by atoms with E-state index in [1.54, 1.807) is 4.90 Å². The number of aliphatic hydroxyl groups is 1. The van der Waals surface area contributed by atoms with Gasteiger partial charge in [-0.3, -0.25) is 9.13 Å². The summed E-state index contributed by atoms with van der Waals surface area (Å²) in [5.41, 5.74) is 0. The zero-order chi connectivity index (χ0) is 12.6. The van der Waals surface area contributed by atoms with Crippen molar-refractivity contribution >= 4 is 15.2 Å². The molecule has 1 saturated heterocycles. The lowest BCUT2D eigenvalue weighted by atomic mass is 10.2. The fourth-order valence-electron chi connectivity index (χ4n) is 1.37. The van der Waals surface area contributed by atoms with Gasteiger partial charge in [-0.05, 0) is 19.5 Å². The molecule has 1 heterocycles. The monoisotopic (exact) mass is 275 g/mol. The molecule has 1 aliphatic heterocycles.